The van der Waals surface area contributed by atoms with Gasteiger partial charge < -0.3 is 5.32 Å². The SMILES string of the molecule is ClCCc1ccc(NCc2cc(Cl)ccc2Cl)cc1. The van der Waals surface area contributed by atoms with E-state index < -0.39 is 0 Å². The predicted octanol–water partition coefficient (Wildman–Crippen LogP) is 5.39. The van der Waals surface area contributed by atoms with Gasteiger partial charge in [0.15, 0.2) is 0 Å². The highest BCUT2D eigenvalue weighted by Crippen LogP contribution is 2.22. The first-order valence-electron chi connectivity index (χ1n) is 6.02. The summed E-state index contributed by atoms with van der Waals surface area (Å²) < 4.78 is 0. The van der Waals surface area contributed by atoms with Gasteiger partial charge in [-0.15, -0.1) is 11.6 Å². The van der Waals surface area contributed by atoms with Crippen molar-refractivity contribution in [2.75, 3.05) is 11.2 Å². The molecule has 1 N–H and O–H groups in total. The van der Waals surface area contributed by atoms with Gasteiger partial charge in [-0.05, 0) is 47.9 Å². The minimum Gasteiger partial charge on any atom is -0.381 e. The van der Waals surface area contributed by atoms with Gasteiger partial charge in [-0.25, -0.2) is 0 Å². The van der Waals surface area contributed by atoms with Gasteiger partial charge in [-0.2, -0.15) is 0 Å². The van der Waals surface area contributed by atoms with E-state index in [1.165, 1.54) is 5.56 Å². The molecule has 0 aromatic heterocycles. The van der Waals surface area contributed by atoms with Crippen LogP contribution in [0.3, 0.4) is 0 Å². The molecule has 1 nitrogen and oxygen atoms in total. The predicted molar refractivity (Wildman–Crippen MR) is 84.7 cm³/mol. The molecule has 0 saturated carbocycles. The van der Waals surface area contributed by atoms with Crippen LogP contribution in [0.2, 0.25) is 10.0 Å². The number of aryl methyl sites for hydroxylation is 1. The topological polar surface area (TPSA) is 12.0 Å². The van der Waals surface area contributed by atoms with Gasteiger partial charge in [0, 0.05) is 28.2 Å². The minimum absolute atomic E-state index is 0.644. The molecule has 0 atom stereocenters. The molecule has 0 saturated heterocycles. The summed E-state index contributed by atoms with van der Waals surface area (Å²) in [5.74, 6) is 0.644. The molecule has 2 aromatic rings. The number of anilines is 1. The summed E-state index contributed by atoms with van der Waals surface area (Å²) in [6, 6.07) is 13.7. The van der Waals surface area contributed by atoms with E-state index in [9.17, 15) is 0 Å². The minimum atomic E-state index is 0.644. The Morgan fingerprint density at radius 2 is 1.68 bits per heavy atom. The molecule has 0 aliphatic carbocycles. The first kappa shape index (κ1) is 14.5. The van der Waals surface area contributed by atoms with E-state index in [1.54, 1.807) is 6.07 Å². The zero-order valence-corrected chi connectivity index (χ0v) is 12.6. The highest BCUT2D eigenvalue weighted by Gasteiger charge is 2.01. The van der Waals surface area contributed by atoms with Gasteiger partial charge in [0.05, 0.1) is 0 Å². The Bertz CT molecular complexity index is 538. The van der Waals surface area contributed by atoms with E-state index in [4.69, 9.17) is 34.8 Å². The fraction of sp³-hybridized carbons (Fsp3) is 0.200. The van der Waals surface area contributed by atoms with Crippen LogP contribution in [-0.4, -0.2) is 5.88 Å². The number of alkyl halides is 1. The van der Waals surface area contributed by atoms with Crippen molar-refractivity contribution in [1.82, 2.24) is 0 Å². The molecule has 0 unspecified atom stereocenters. The van der Waals surface area contributed by atoms with Crippen molar-refractivity contribution < 1.29 is 0 Å². The number of rotatable bonds is 5. The van der Waals surface area contributed by atoms with Crippen molar-refractivity contribution in [3.05, 3.63) is 63.6 Å². The van der Waals surface area contributed by atoms with Gasteiger partial charge in [-0.1, -0.05) is 35.3 Å². The van der Waals surface area contributed by atoms with Crippen LogP contribution < -0.4 is 5.32 Å². The molecule has 0 amide bonds. The molecular weight excluding hydrogens is 301 g/mol. The van der Waals surface area contributed by atoms with Crippen LogP contribution in [0.15, 0.2) is 42.5 Å². The maximum Gasteiger partial charge on any atom is 0.0456 e. The Morgan fingerprint density at radius 1 is 0.947 bits per heavy atom. The van der Waals surface area contributed by atoms with Crippen LogP contribution in [0.25, 0.3) is 0 Å². The molecule has 0 heterocycles. The lowest BCUT2D eigenvalue weighted by Gasteiger charge is -2.09. The molecule has 2 aromatic carbocycles. The van der Waals surface area contributed by atoms with Crippen LogP contribution in [0.5, 0.6) is 0 Å². The second kappa shape index (κ2) is 7.04. The zero-order chi connectivity index (χ0) is 13.7. The Labute approximate surface area is 128 Å². The first-order chi connectivity index (χ1) is 9.19. The molecule has 0 aliphatic heterocycles. The van der Waals surface area contributed by atoms with Gasteiger partial charge in [0.1, 0.15) is 0 Å². The monoisotopic (exact) mass is 313 g/mol. The van der Waals surface area contributed by atoms with Crippen LogP contribution in [0.1, 0.15) is 11.1 Å². The Balaban J connectivity index is 2.00. The highest BCUT2D eigenvalue weighted by molar-refractivity contribution is 6.33. The van der Waals surface area contributed by atoms with Crippen LogP contribution in [0.4, 0.5) is 5.69 Å². The third kappa shape index (κ3) is 4.31. The number of halogens is 3. The summed E-state index contributed by atoms with van der Waals surface area (Å²) in [5.41, 5.74) is 3.27. The summed E-state index contributed by atoms with van der Waals surface area (Å²) >= 11 is 17.8. The van der Waals surface area contributed by atoms with Crippen molar-refractivity contribution in [2.45, 2.75) is 13.0 Å². The van der Waals surface area contributed by atoms with E-state index in [1.807, 2.05) is 24.3 Å². The van der Waals surface area contributed by atoms with E-state index in [0.717, 1.165) is 22.7 Å². The fourth-order valence-corrected chi connectivity index (χ4v) is 2.37. The lowest BCUT2D eigenvalue weighted by molar-refractivity contribution is 1.13. The Hall–Kier alpha value is -0.890. The van der Waals surface area contributed by atoms with Crippen LogP contribution >= 0.6 is 34.8 Å². The summed E-state index contributed by atoms with van der Waals surface area (Å²) in [5, 5.41) is 4.73. The summed E-state index contributed by atoms with van der Waals surface area (Å²) in [7, 11) is 0. The zero-order valence-electron chi connectivity index (χ0n) is 10.3. The van der Waals surface area contributed by atoms with E-state index in [-0.39, 0.29) is 0 Å². The number of hydrogen-bond acceptors (Lipinski definition) is 1. The van der Waals surface area contributed by atoms with Crippen molar-refractivity contribution in [3.63, 3.8) is 0 Å². The van der Waals surface area contributed by atoms with Crippen LogP contribution in [-0.2, 0) is 13.0 Å². The average molecular weight is 315 g/mol. The van der Waals surface area contributed by atoms with Gasteiger partial charge in [-0.3, -0.25) is 0 Å². The van der Waals surface area contributed by atoms with Crippen LogP contribution in [0, 0.1) is 0 Å². The number of hydrogen-bond donors (Lipinski definition) is 1. The molecule has 0 bridgehead atoms. The third-order valence-corrected chi connectivity index (χ3v) is 3.62. The molecule has 0 spiro atoms. The number of benzene rings is 2. The van der Waals surface area contributed by atoms with E-state index in [0.29, 0.717) is 17.4 Å². The quantitative estimate of drug-likeness (QED) is 0.730. The summed E-state index contributed by atoms with van der Waals surface area (Å²) in [6.07, 6.45) is 0.891. The van der Waals surface area contributed by atoms with Gasteiger partial charge >= 0.3 is 0 Å². The number of nitrogens with one attached hydrogen (secondary N) is 1. The largest absolute Gasteiger partial charge is 0.381 e. The Kier molecular flexibility index (Phi) is 5.38. The summed E-state index contributed by atoms with van der Waals surface area (Å²) in [4.78, 5) is 0. The fourth-order valence-electron chi connectivity index (χ4n) is 1.77. The molecule has 0 fully saturated rings. The molecule has 0 radical (unpaired) electrons. The molecule has 100 valence electrons. The lowest BCUT2D eigenvalue weighted by Crippen LogP contribution is -2.00. The van der Waals surface area contributed by atoms with Gasteiger partial charge in [0.25, 0.3) is 0 Å². The highest BCUT2D eigenvalue weighted by atomic mass is 35.5. The normalized spacial score (nSPS) is 10.5. The molecule has 2 rings (SSSR count). The van der Waals surface area contributed by atoms with Crippen molar-refractivity contribution in [2.24, 2.45) is 0 Å². The molecule has 19 heavy (non-hydrogen) atoms. The van der Waals surface area contributed by atoms with Crippen molar-refractivity contribution in [1.29, 1.82) is 0 Å². The molecule has 4 heteroatoms. The van der Waals surface area contributed by atoms with Crippen molar-refractivity contribution in [3.8, 4) is 0 Å². The Morgan fingerprint density at radius 3 is 2.37 bits per heavy atom. The van der Waals surface area contributed by atoms with E-state index >= 15 is 0 Å². The lowest BCUT2D eigenvalue weighted by atomic mass is 10.1. The maximum absolute atomic E-state index is 6.12. The van der Waals surface area contributed by atoms with Gasteiger partial charge in [0.2, 0.25) is 0 Å². The second-order valence-electron chi connectivity index (χ2n) is 4.23. The average Bonchev–Trinajstić information content (AvgIpc) is 2.42. The third-order valence-electron chi connectivity index (χ3n) is 2.83. The van der Waals surface area contributed by atoms with Crippen molar-refractivity contribution >= 4 is 40.5 Å². The maximum atomic E-state index is 6.12. The summed E-state index contributed by atoms with van der Waals surface area (Å²) in [6.45, 7) is 0.647. The second-order valence-corrected chi connectivity index (χ2v) is 5.45. The smallest absolute Gasteiger partial charge is 0.0456 e. The standard InChI is InChI=1S/C15H14Cl3N/c16-8-7-11-1-4-14(5-2-11)19-10-12-9-13(17)3-6-15(12)18/h1-6,9,19H,7-8,10H2. The molecule has 0 aliphatic rings. The first-order valence-corrected chi connectivity index (χ1v) is 7.31. The molecular formula is C15H14Cl3N. The van der Waals surface area contributed by atoms with E-state index in [2.05, 4.69) is 17.4 Å².